The molecule has 4 aromatic heterocycles. The van der Waals surface area contributed by atoms with Crippen molar-refractivity contribution >= 4 is 49.3 Å². The van der Waals surface area contributed by atoms with Crippen LogP contribution in [0.2, 0.25) is 0 Å². The lowest BCUT2D eigenvalue weighted by molar-refractivity contribution is 0.465. The van der Waals surface area contributed by atoms with E-state index in [9.17, 15) is 0 Å². The number of hydrogen-bond donors (Lipinski definition) is 0. The van der Waals surface area contributed by atoms with Gasteiger partial charge in [0.25, 0.3) is 0 Å². The van der Waals surface area contributed by atoms with Crippen LogP contribution >= 0.6 is 0 Å². The maximum atomic E-state index is 6.34. The molecule has 0 amide bonds. The topological polar surface area (TPSA) is 57.2 Å². The van der Waals surface area contributed by atoms with Gasteiger partial charge in [-0.15, -0.1) is 0 Å². The molecule has 0 unspecified atom stereocenters. The second-order valence-electron chi connectivity index (χ2n) is 9.03. The highest BCUT2D eigenvalue weighted by atomic mass is 16.5. The van der Waals surface area contributed by atoms with Crippen molar-refractivity contribution in [3.63, 3.8) is 0 Å². The van der Waals surface area contributed by atoms with Crippen LogP contribution in [0, 0.1) is 0 Å². The summed E-state index contributed by atoms with van der Waals surface area (Å²) in [6.45, 7) is 0. The molecule has 0 bridgehead atoms. The first-order chi connectivity index (χ1) is 18.3. The molecule has 0 radical (unpaired) electrons. The summed E-state index contributed by atoms with van der Waals surface area (Å²) in [6, 6.07) is 37.0. The van der Waals surface area contributed by atoms with Crippen LogP contribution in [0.15, 0.2) is 116 Å². The minimum Gasteiger partial charge on any atom is -0.439 e. The van der Waals surface area contributed by atoms with E-state index in [1.54, 1.807) is 6.33 Å². The second-order valence-corrected chi connectivity index (χ2v) is 9.03. The number of rotatable bonds is 3. The van der Waals surface area contributed by atoms with Gasteiger partial charge in [-0.3, -0.25) is 4.57 Å². The predicted molar refractivity (Wildman–Crippen MR) is 147 cm³/mol. The molecule has 8 rings (SSSR count). The summed E-state index contributed by atoms with van der Waals surface area (Å²) < 4.78 is 10.4. The fraction of sp³-hybridized carbons (Fsp3) is 0. The molecule has 8 aromatic rings. The third kappa shape index (κ3) is 2.96. The van der Waals surface area contributed by atoms with E-state index in [0.29, 0.717) is 11.6 Å². The predicted octanol–water partition coefficient (Wildman–Crippen LogP) is 7.32. The maximum Gasteiger partial charge on any atom is 0.221 e. The molecule has 0 spiro atoms. The van der Waals surface area contributed by atoms with Crippen LogP contribution in [0.25, 0.3) is 54.9 Å². The average molecular weight is 478 g/mol. The lowest BCUT2D eigenvalue weighted by Crippen LogP contribution is -1.96. The molecule has 0 aliphatic carbocycles. The summed E-state index contributed by atoms with van der Waals surface area (Å²) in [7, 11) is 0. The Morgan fingerprint density at radius 2 is 1.30 bits per heavy atom. The molecular weight excluding hydrogens is 458 g/mol. The summed E-state index contributed by atoms with van der Waals surface area (Å²) in [5.74, 6) is 1.23. The molecule has 0 aliphatic rings. The van der Waals surface area contributed by atoms with Crippen LogP contribution in [-0.4, -0.2) is 24.1 Å². The number of aromatic nitrogens is 5. The molecule has 0 aliphatic heterocycles. The summed E-state index contributed by atoms with van der Waals surface area (Å²) in [6.07, 6.45) is 1.59. The maximum absolute atomic E-state index is 6.34. The summed E-state index contributed by atoms with van der Waals surface area (Å²) in [5.41, 5.74) is 4.85. The van der Waals surface area contributed by atoms with Crippen LogP contribution in [-0.2, 0) is 0 Å². The van der Waals surface area contributed by atoms with Crippen molar-refractivity contribution in [2.24, 2.45) is 0 Å². The number of hydrogen-bond acceptors (Lipinski definition) is 4. The quantitative estimate of drug-likeness (QED) is 0.250. The van der Waals surface area contributed by atoms with Gasteiger partial charge in [-0.25, -0.2) is 9.50 Å². The van der Waals surface area contributed by atoms with Crippen LogP contribution in [0.1, 0.15) is 0 Å². The molecule has 0 N–H and O–H groups in total. The van der Waals surface area contributed by atoms with Crippen molar-refractivity contribution in [2.75, 3.05) is 0 Å². The van der Waals surface area contributed by atoms with Crippen molar-refractivity contribution in [2.45, 2.75) is 0 Å². The molecular formula is C31H19N5O. The molecule has 0 fully saturated rings. The molecule has 6 heteroatoms. The average Bonchev–Trinajstić information content (AvgIpc) is 3.57. The van der Waals surface area contributed by atoms with Crippen molar-refractivity contribution in [3.05, 3.63) is 116 Å². The van der Waals surface area contributed by atoms with Gasteiger partial charge >= 0.3 is 0 Å². The van der Waals surface area contributed by atoms with Gasteiger partial charge in [-0.2, -0.15) is 10.1 Å². The highest BCUT2D eigenvalue weighted by molar-refractivity contribution is 6.12. The number of nitrogens with zero attached hydrogens (tertiary/aromatic N) is 5. The normalized spacial score (nSPS) is 11.8. The van der Waals surface area contributed by atoms with E-state index in [4.69, 9.17) is 9.72 Å². The van der Waals surface area contributed by atoms with Gasteiger partial charge in [0.2, 0.25) is 5.88 Å². The monoisotopic (exact) mass is 477 g/mol. The highest BCUT2D eigenvalue weighted by Crippen LogP contribution is 2.35. The van der Waals surface area contributed by atoms with Gasteiger partial charge in [0.15, 0.2) is 5.65 Å². The molecule has 0 saturated carbocycles. The van der Waals surface area contributed by atoms with E-state index in [1.807, 2.05) is 53.0 Å². The van der Waals surface area contributed by atoms with Gasteiger partial charge in [0, 0.05) is 33.3 Å². The molecule has 4 aromatic carbocycles. The Bertz CT molecular complexity index is 2130. The first-order valence-corrected chi connectivity index (χ1v) is 12.1. The molecule has 6 nitrogen and oxygen atoms in total. The van der Waals surface area contributed by atoms with E-state index in [0.717, 1.165) is 54.9 Å². The Labute approximate surface area is 211 Å². The Morgan fingerprint density at radius 1 is 0.568 bits per heavy atom. The first-order valence-electron chi connectivity index (χ1n) is 12.1. The number of ether oxygens (including phenoxy) is 1. The molecule has 0 atom stereocenters. The molecule has 174 valence electrons. The fourth-order valence-corrected chi connectivity index (χ4v) is 5.33. The Balaban J connectivity index is 1.30. The number of benzene rings is 4. The minimum absolute atomic E-state index is 0.533. The van der Waals surface area contributed by atoms with Gasteiger partial charge in [-0.1, -0.05) is 54.6 Å². The van der Waals surface area contributed by atoms with E-state index >= 15 is 0 Å². The third-order valence-corrected chi connectivity index (χ3v) is 6.94. The fourth-order valence-electron chi connectivity index (χ4n) is 5.33. The van der Waals surface area contributed by atoms with E-state index in [-0.39, 0.29) is 0 Å². The van der Waals surface area contributed by atoms with Gasteiger partial charge in [-0.05, 0) is 53.9 Å². The summed E-state index contributed by atoms with van der Waals surface area (Å²) in [4.78, 5) is 9.51. The first kappa shape index (κ1) is 20.0. The highest BCUT2D eigenvalue weighted by Gasteiger charge is 2.15. The molecule has 0 saturated heterocycles. The Hall–Kier alpha value is -5.23. The van der Waals surface area contributed by atoms with E-state index in [1.165, 1.54) is 0 Å². The molecule has 37 heavy (non-hydrogen) atoms. The zero-order valence-corrected chi connectivity index (χ0v) is 19.6. The zero-order valence-electron chi connectivity index (χ0n) is 19.6. The lowest BCUT2D eigenvalue weighted by Gasteiger charge is -2.10. The van der Waals surface area contributed by atoms with Crippen molar-refractivity contribution in [1.29, 1.82) is 0 Å². The summed E-state index contributed by atoms with van der Waals surface area (Å²) in [5, 5.41) is 9.90. The summed E-state index contributed by atoms with van der Waals surface area (Å²) >= 11 is 0. The van der Waals surface area contributed by atoms with E-state index < -0.39 is 0 Å². The van der Waals surface area contributed by atoms with Crippen molar-refractivity contribution < 1.29 is 4.74 Å². The number of pyridine rings is 2. The smallest absolute Gasteiger partial charge is 0.221 e. The zero-order chi connectivity index (χ0) is 24.3. The SMILES string of the molecule is c1ccc(-n2c3ccccc3c3ccc(Oc4ccc5c6ccccc6n6ncnc6c5c4)nc32)cc1. The van der Waals surface area contributed by atoms with Crippen molar-refractivity contribution in [3.8, 4) is 17.3 Å². The Kier molecular flexibility index (Phi) is 4.13. The van der Waals surface area contributed by atoms with Crippen molar-refractivity contribution in [1.82, 2.24) is 24.1 Å². The standard InChI is InChI=1S/C31H19N5O/c1-2-8-20(9-3-1)35-27-12-6-4-11-24(27)25-16-17-29(34-31(25)35)37-21-14-15-22-23-10-5-7-13-28(23)36-30(26(22)18-21)32-19-33-36/h1-19H. The van der Waals surface area contributed by atoms with Crippen LogP contribution in [0.4, 0.5) is 0 Å². The van der Waals surface area contributed by atoms with Crippen LogP contribution in [0.3, 0.4) is 0 Å². The van der Waals surface area contributed by atoms with E-state index in [2.05, 4.69) is 75.3 Å². The van der Waals surface area contributed by atoms with Crippen LogP contribution in [0.5, 0.6) is 11.6 Å². The molecule has 4 heterocycles. The lowest BCUT2D eigenvalue weighted by atomic mass is 10.1. The number of para-hydroxylation sites is 3. The second kappa shape index (κ2) is 7.63. The number of fused-ring (bicyclic) bond motifs is 9. The third-order valence-electron chi connectivity index (χ3n) is 6.94. The van der Waals surface area contributed by atoms with Gasteiger partial charge in [0.05, 0.1) is 11.0 Å². The largest absolute Gasteiger partial charge is 0.439 e. The Morgan fingerprint density at radius 3 is 2.16 bits per heavy atom. The van der Waals surface area contributed by atoms with Gasteiger partial charge < -0.3 is 4.74 Å². The van der Waals surface area contributed by atoms with Gasteiger partial charge in [0.1, 0.15) is 17.7 Å². The minimum atomic E-state index is 0.533. The van der Waals surface area contributed by atoms with Crippen LogP contribution < -0.4 is 4.74 Å².